The summed E-state index contributed by atoms with van der Waals surface area (Å²) in [4.78, 5) is 25.0. The van der Waals surface area contributed by atoms with E-state index < -0.39 is 21.2 Å². The van der Waals surface area contributed by atoms with E-state index in [0.717, 1.165) is 4.31 Å². The summed E-state index contributed by atoms with van der Waals surface area (Å²) in [5, 5.41) is -0.304. The molecule has 0 spiro atoms. The fourth-order valence-electron chi connectivity index (χ4n) is 2.73. The molecule has 0 aromatic heterocycles. The van der Waals surface area contributed by atoms with E-state index in [2.05, 4.69) is 0 Å². The number of nitrogens with zero attached hydrogens (tertiary/aromatic N) is 2. The second-order valence-corrected chi connectivity index (χ2v) is 8.55. The van der Waals surface area contributed by atoms with Crippen molar-refractivity contribution in [3.63, 3.8) is 0 Å². The second kappa shape index (κ2) is 7.50. The van der Waals surface area contributed by atoms with E-state index in [1.54, 1.807) is 24.3 Å². The van der Waals surface area contributed by atoms with Crippen molar-refractivity contribution < 1.29 is 18.0 Å². The zero-order valence-electron chi connectivity index (χ0n) is 13.3. The van der Waals surface area contributed by atoms with Crippen molar-refractivity contribution in [2.75, 3.05) is 26.7 Å². The Bertz CT molecular complexity index is 738. The number of hydrogen-bond acceptors (Lipinski definition) is 4. The van der Waals surface area contributed by atoms with Gasteiger partial charge in [0.15, 0.2) is 0 Å². The Balaban J connectivity index is 2.14. The van der Waals surface area contributed by atoms with Crippen LogP contribution in [0.4, 0.5) is 0 Å². The Morgan fingerprint density at radius 3 is 2.75 bits per heavy atom. The molecule has 1 fully saturated rings. The van der Waals surface area contributed by atoms with Crippen LogP contribution in [0.3, 0.4) is 0 Å². The lowest BCUT2D eigenvalue weighted by atomic mass is 10.1. The van der Waals surface area contributed by atoms with Crippen LogP contribution >= 0.6 is 11.6 Å². The van der Waals surface area contributed by atoms with Crippen LogP contribution in [0.25, 0.3) is 0 Å². The van der Waals surface area contributed by atoms with Gasteiger partial charge in [-0.3, -0.25) is 9.59 Å². The summed E-state index contributed by atoms with van der Waals surface area (Å²) in [6, 6.07) is 6.54. The summed E-state index contributed by atoms with van der Waals surface area (Å²) < 4.78 is 26.0. The van der Waals surface area contributed by atoms with Crippen LogP contribution in [-0.4, -0.2) is 61.4 Å². The fraction of sp³-hybridized carbons (Fsp3) is 0.467. The first-order valence-corrected chi connectivity index (χ1v) is 9.38. The van der Waals surface area contributed by atoms with E-state index in [1.165, 1.54) is 11.9 Å². The van der Waals surface area contributed by atoms with Crippen LogP contribution in [-0.2, 0) is 14.8 Å². The van der Waals surface area contributed by atoms with Gasteiger partial charge in [-0.25, -0.2) is 8.42 Å². The highest BCUT2D eigenvalue weighted by Crippen LogP contribution is 2.22. The highest BCUT2D eigenvalue weighted by molar-refractivity contribution is 7.89. The van der Waals surface area contributed by atoms with Gasteiger partial charge in [0.05, 0.1) is 11.8 Å². The Morgan fingerprint density at radius 2 is 2.12 bits per heavy atom. The van der Waals surface area contributed by atoms with Gasteiger partial charge >= 0.3 is 0 Å². The lowest BCUT2D eigenvalue weighted by Crippen LogP contribution is -2.50. The summed E-state index contributed by atoms with van der Waals surface area (Å²) in [6.07, 6.45) is 1.01. The number of likely N-dealkylation sites (N-methyl/N-ethyl adjacent to an activating group) is 1. The number of nitrogens with two attached hydrogens (primary N) is 1. The average molecular weight is 374 g/mol. The van der Waals surface area contributed by atoms with E-state index in [1.807, 2.05) is 0 Å². The van der Waals surface area contributed by atoms with E-state index in [-0.39, 0.29) is 19.0 Å². The standard InChI is InChI=1S/C15H20ClN3O4S/c1-18(10-14(17)20)24(22,23)13-6-3-7-19(9-13)15(21)11-4-2-5-12(16)8-11/h2,4-5,8,13H,3,6-7,9-10H2,1H3,(H2,17,20). The third-order valence-electron chi connectivity index (χ3n) is 3.97. The zero-order chi connectivity index (χ0) is 17.9. The number of benzene rings is 1. The summed E-state index contributed by atoms with van der Waals surface area (Å²) in [5.74, 6) is -0.973. The van der Waals surface area contributed by atoms with E-state index in [0.29, 0.717) is 30.0 Å². The number of carbonyl (C=O) groups is 2. The molecule has 1 aliphatic rings. The fourth-order valence-corrected chi connectivity index (χ4v) is 4.57. The first-order valence-electron chi connectivity index (χ1n) is 7.50. The number of carbonyl (C=O) groups excluding carboxylic acids is 2. The van der Waals surface area contributed by atoms with Crippen molar-refractivity contribution in [2.45, 2.75) is 18.1 Å². The molecule has 1 atom stereocenters. The second-order valence-electron chi connectivity index (χ2n) is 5.79. The van der Waals surface area contributed by atoms with Gasteiger partial charge in [0, 0.05) is 30.7 Å². The number of hydrogen-bond donors (Lipinski definition) is 1. The van der Waals surface area contributed by atoms with Gasteiger partial charge < -0.3 is 10.6 Å². The van der Waals surface area contributed by atoms with Crippen molar-refractivity contribution >= 4 is 33.4 Å². The summed E-state index contributed by atoms with van der Waals surface area (Å²) >= 11 is 5.90. The molecule has 0 aliphatic carbocycles. The van der Waals surface area contributed by atoms with E-state index in [4.69, 9.17) is 17.3 Å². The molecule has 0 saturated carbocycles. The lowest BCUT2D eigenvalue weighted by Gasteiger charge is -2.34. The van der Waals surface area contributed by atoms with Gasteiger partial charge in [-0.15, -0.1) is 0 Å². The Labute approximate surface area is 146 Å². The molecular formula is C15H20ClN3O4S. The Kier molecular flexibility index (Phi) is 5.84. The normalized spacial score (nSPS) is 18.6. The van der Waals surface area contributed by atoms with Gasteiger partial charge in [-0.05, 0) is 31.0 Å². The molecule has 1 aromatic rings. The van der Waals surface area contributed by atoms with Crippen LogP contribution in [0.2, 0.25) is 5.02 Å². The highest BCUT2D eigenvalue weighted by atomic mass is 35.5. The lowest BCUT2D eigenvalue weighted by molar-refractivity contribution is -0.118. The average Bonchev–Trinajstić information content (AvgIpc) is 2.53. The van der Waals surface area contributed by atoms with Crippen molar-refractivity contribution in [1.29, 1.82) is 0 Å². The molecule has 2 amide bonds. The van der Waals surface area contributed by atoms with Crippen molar-refractivity contribution in [2.24, 2.45) is 5.73 Å². The highest BCUT2D eigenvalue weighted by Gasteiger charge is 2.35. The molecule has 2 N–H and O–H groups in total. The third-order valence-corrected chi connectivity index (χ3v) is 6.43. The maximum Gasteiger partial charge on any atom is 0.253 e. The van der Waals surface area contributed by atoms with Crippen LogP contribution in [0.1, 0.15) is 23.2 Å². The maximum atomic E-state index is 12.6. The van der Waals surface area contributed by atoms with Crippen LogP contribution < -0.4 is 5.73 Å². The topological polar surface area (TPSA) is 101 Å². The number of primary amides is 1. The number of likely N-dealkylation sites (tertiary alicyclic amines) is 1. The molecule has 9 heteroatoms. The molecule has 0 bridgehead atoms. The van der Waals surface area contributed by atoms with Crippen LogP contribution in [0.5, 0.6) is 0 Å². The zero-order valence-corrected chi connectivity index (χ0v) is 14.9. The van der Waals surface area contributed by atoms with Gasteiger partial charge in [-0.1, -0.05) is 17.7 Å². The van der Waals surface area contributed by atoms with Gasteiger partial charge in [0.25, 0.3) is 5.91 Å². The minimum Gasteiger partial charge on any atom is -0.369 e. The van der Waals surface area contributed by atoms with Crippen LogP contribution in [0, 0.1) is 0 Å². The Hall–Kier alpha value is -1.64. The van der Waals surface area contributed by atoms with E-state index in [9.17, 15) is 18.0 Å². The monoisotopic (exact) mass is 373 g/mol. The molecule has 1 unspecified atom stereocenters. The molecule has 7 nitrogen and oxygen atoms in total. The number of amides is 2. The molecule has 2 rings (SSSR count). The number of halogens is 1. The van der Waals surface area contributed by atoms with Crippen molar-refractivity contribution in [3.05, 3.63) is 34.9 Å². The smallest absolute Gasteiger partial charge is 0.253 e. The minimum absolute atomic E-state index is 0.0801. The predicted molar refractivity (Wildman–Crippen MR) is 91.1 cm³/mol. The molecule has 24 heavy (non-hydrogen) atoms. The number of piperidine rings is 1. The van der Waals surface area contributed by atoms with E-state index >= 15 is 0 Å². The predicted octanol–water partition coefficient (Wildman–Crippen LogP) is 0.692. The maximum absolute atomic E-state index is 12.6. The molecule has 132 valence electrons. The first-order chi connectivity index (χ1) is 11.2. The van der Waals surface area contributed by atoms with Gasteiger partial charge in [-0.2, -0.15) is 4.31 Å². The third kappa shape index (κ3) is 4.25. The first kappa shape index (κ1) is 18.7. The van der Waals surface area contributed by atoms with Gasteiger partial charge in [0.2, 0.25) is 15.9 Å². The van der Waals surface area contributed by atoms with Gasteiger partial charge in [0.1, 0.15) is 0 Å². The molecule has 0 radical (unpaired) electrons. The minimum atomic E-state index is -3.70. The largest absolute Gasteiger partial charge is 0.369 e. The summed E-state index contributed by atoms with van der Waals surface area (Å²) in [5.41, 5.74) is 5.49. The van der Waals surface area contributed by atoms with Crippen LogP contribution in [0.15, 0.2) is 24.3 Å². The number of sulfonamides is 1. The summed E-state index contributed by atoms with van der Waals surface area (Å²) in [7, 11) is -2.38. The molecule has 1 saturated heterocycles. The van der Waals surface area contributed by atoms with Crippen molar-refractivity contribution in [3.8, 4) is 0 Å². The summed E-state index contributed by atoms with van der Waals surface area (Å²) in [6.45, 7) is 0.189. The molecule has 1 heterocycles. The molecular weight excluding hydrogens is 354 g/mol. The SMILES string of the molecule is CN(CC(N)=O)S(=O)(=O)C1CCCN(C(=O)c2cccc(Cl)c2)C1. The Morgan fingerprint density at radius 1 is 1.42 bits per heavy atom. The molecule has 1 aliphatic heterocycles. The number of rotatable bonds is 5. The quantitative estimate of drug-likeness (QED) is 0.820. The van der Waals surface area contributed by atoms with Crippen molar-refractivity contribution in [1.82, 2.24) is 9.21 Å². The molecule has 1 aromatic carbocycles.